The second-order valence-electron chi connectivity index (χ2n) is 7.01. The van der Waals surface area contributed by atoms with Gasteiger partial charge in [0.1, 0.15) is 0 Å². The Kier molecular flexibility index (Phi) is 6.37. The molecule has 3 rings (SSSR count). The first-order valence-corrected chi connectivity index (χ1v) is 11.0. The number of methoxy groups -OCH3 is 4. The molecule has 0 aromatic heterocycles. The third-order valence-corrected chi connectivity index (χ3v) is 8.26. The van der Waals surface area contributed by atoms with Crippen molar-refractivity contribution in [2.45, 2.75) is 21.2 Å². The first kappa shape index (κ1) is 23.1. The molecule has 0 saturated heterocycles. The minimum absolute atomic E-state index is 0.0334. The molecule has 1 saturated carbocycles. The molecule has 0 N–H and O–H groups in total. The van der Waals surface area contributed by atoms with E-state index in [0.29, 0.717) is 0 Å². The lowest BCUT2D eigenvalue weighted by atomic mass is 9.61. The van der Waals surface area contributed by atoms with Gasteiger partial charge in [-0.25, -0.2) is 8.42 Å². The molecule has 0 bridgehead atoms. The van der Waals surface area contributed by atoms with Crippen molar-refractivity contribution in [3.63, 3.8) is 0 Å². The summed E-state index contributed by atoms with van der Waals surface area (Å²) in [5.41, 5.74) is 0.819. The highest BCUT2D eigenvalue weighted by atomic mass is 32.2. The summed E-state index contributed by atoms with van der Waals surface area (Å²) >= 11 is 0. The zero-order valence-electron chi connectivity index (χ0n) is 17.8. The third kappa shape index (κ3) is 2.89. The maximum absolute atomic E-state index is 13.9. The van der Waals surface area contributed by atoms with Gasteiger partial charge >= 0.3 is 0 Å². The van der Waals surface area contributed by atoms with E-state index in [1.165, 1.54) is 40.6 Å². The Morgan fingerprint density at radius 1 is 0.871 bits per heavy atom. The largest absolute Gasteiger partial charge is 0.348 e. The van der Waals surface area contributed by atoms with E-state index in [-0.39, 0.29) is 4.90 Å². The molecule has 0 heterocycles. The molecule has 1 aliphatic rings. The van der Waals surface area contributed by atoms with Crippen LogP contribution in [-0.4, -0.2) is 53.2 Å². The van der Waals surface area contributed by atoms with Crippen molar-refractivity contribution in [3.8, 4) is 6.07 Å². The molecule has 2 aromatic rings. The Morgan fingerprint density at radius 2 is 1.39 bits per heavy atom. The van der Waals surface area contributed by atoms with Gasteiger partial charge in [-0.15, -0.1) is 0 Å². The van der Waals surface area contributed by atoms with Gasteiger partial charge in [0, 0.05) is 28.4 Å². The summed E-state index contributed by atoms with van der Waals surface area (Å²) in [5, 5.41) is 10.4. The summed E-state index contributed by atoms with van der Waals surface area (Å²) in [6.07, 6.45) is 3.32. The first-order chi connectivity index (χ1) is 14.9. The lowest BCUT2D eigenvalue weighted by molar-refractivity contribution is -0.463. The highest BCUT2D eigenvalue weighted by Crippen LogP contribution is 2.64. The van der Waals surface area contributed by atoms with E-state index in [2.05, 4.69) is 0 Å². The molecule has 8 heteroatoms. The summed E-state index contributed by atoms with van der Waals surface area (Å²) in [7, 11) is 0.929. The Labute approximate surface area is 182 Å². The monoisotopic (exact) mass is 443 g/mol. The van der Waals surface area contributed by atoms with Crippen LogP contribution in [0.4, 0.5) is 0 Å². The van der Waals surface area contributed by atoms with Crippen LogP contribution in [0.1, 0.15) is 5.56 Å². The van der Waals surface area contributed by atoms with Gasteiger partial charge in [-0.05, 0) is 17.7 Å². The van der Waals surface area contributed by atoms with E-state index >= 15 is 0 Å². The summed E-state index contributed by atoms with van der Waals surface area (Å²) < 4.78 is 48.2. The Hall–Kier alpha value is -2.54. The second-order valence-corrected chi connectivity index (χ2v) is 9.13. The molecule has 1 fully saturated rings. The third-order valence-electron chi connectivity index (χ3n) is 5.90. The minimum Gasteiger partial charge on any atom is -0.348 e. The number of hydrogen-bond donors (Lipinski definition) is 0. The molecule has 7 nitrogen and oxygen atoms in total. The topological polar surface area (TPSA) is 94.9 Å². The van der Waals surface area contributed by atoms with E-state index in [0.717, 1.165) is 5.56 Å². The number of ether oxygens (including phenoxy) is 4. The van der Waals surface area contributed by atoms with E-state index in [4.69, 9.17) is 18.9 Å². The lowest BCUT2D eigenvalue weighted by Crippen LogP contribution is -2.89. The minimum atomic E-state index is -4.31. The van der Waals surface area contributed by atoms with Crippen LogP contribution in [0.25, 0.3) is 6.08 Å². The Morgan fingerprint density at radius 3 is 1.84 bits per heavy atom. The highest BCUT2D eigenvalue weighted by molar-refractivity contribution is 7.93. The van der Waals surface area contributed by atoms with Crippen LogP contribution in [0.15, 0.2) is 71.6 Å². The van der Waals surface area contributed by atoms with Crippen molar-refractivity contribution in [3.05, 3.63) is 72.3 Å². The summed E-state index contributed by atoms with van der Waals surface area (Å²) in [6.45, 7) is 0. The first-order valence-electron chi connectivity index (χ1n) is 9.52. The fraction of sp³-hybridized carbons (Fsp3) is 0.348. The fourth-order valence-corrected chi connectivity index (χ4v) is 6.74. The quantitative estimate of drug-likeness (QED) is 0.579. The maximum atomic E-state index is 13.9. The smallest absolute Gasteiger partial charge is 0.259 e. The molecular weight excluding hydrogens is 418 g/mol. The van der Waals surface area contributed by atoms with Gasteiger partial charge < -0.3 is 18.9 Å². The Bertz CT molecular complexity index is 1070. The lowest BCUT2D eigenvalue weighted by Gasteiger charge is -2.65. The van der Waals surface area contributed by atoms with Crippen LogP contribution in [-0.2, 0) is 28.8 Å². The van der Waals surface area contributed by atoms with E-state index in [9.17, 15) is 13.7 Å². The molecule has 164 valence electrons. The SMILES string of the molecule is COC1(OC)[C@H](/C=C\c2ccccc2)[C@](C#N)(S(=O)(=O)c2ccccc2)C1(OC)OC. The zero-order valence-corrected chi connectivity index (χ0v) is 18.6. The van der Waals surface area contributed by atoms with E-state index in [1.54, 1.807) is 30.4 Å². The average molecular weight is 444 g/mol. The van der Waals surface area contributed by atoms with Gasteiger partial charge in [0.2, 0.25) is 20.4 Å². The van der Waals surface area contributed by atoms with E-state index < -0.39 is 32.1 Å². The van der Waals surface area contributed by atoms with Crippen LogP contribution < -0.4 is 0 Å². The van der Waals surface area contributed by atoms with Crippen molar-refractivity contribution < 1.29 is 27.4 Å². The predicted molar refractivity (Wildman–Crippen MR) is 114 cm³/mol. The molecule has 0 unspecified atom stereocenters. The molecule has 0 amide bonds. The molecule has 2 atom stereocenters. The standard InChI is InChI=1S/C23H25NO6S/c1-27-22(28-2)20(16-15-18-11-7-5-8-12-18)21(17-24,23(22,29-3)30-4)31(25,26)19-13-9-6-10-14-19/h5-16,20H,1-4H3/b16-15-/t20-,21+/m1/s1. The van der Waals surface area contributed by atoms with Crippen molar-refractivity contribution in [1.29, 1.82) is 5.26 Å². The zero-order chi connectivity index (χ0) is 22.8. The Balaban J connectivity index is 2.31. The molecule has 31 heavy (non-hydrogen) atoms. The molecule has 0 spiro atoms. The molecule has 0 aliphatic heterocycles. The number of hydrogen-bond acceptors (Lipinski definition) is 7. The maximum Gasteiger partial charge on any atom is 0.259 e. The van der Waals surface area contributed by atoms with Gasteiger partial charge in [-0.3, -0.25) is 0 Å². The number of rotatable bonds is 8. The summed E-state index contributed by atoms with van der Waals surface area (Å²) in [6, 6.07) is 19.0. The van der Waals surface area contributed by atoms with Gasteiger partial charge in [-0.1, -0.05) is 60.7 Å². The number of nitriles is 1. The van der Waals surface area contributed by atoms with Crippen molar-refractivity contribution >= 4 is 15.9 Å². The highest BCUT2D eigenvalue weighted by Gasteiger charge is 2.89. The van der Waals surface area contributed by atoms with Crippen LogP contribution in [0, 0.1) is 17.2 Å². The predicted octanol–water partition coefficient (Wildman–Crippen LogP) is 3.04. The van der Waals surface area contributed by atoms with E-state index in [1.807, 2.05) is 36.4 Å². The number of sulfone groups is 1. The van der Waals surface area contributed by atoms with Crippen molar-refractivity contribution in [2.24, 2.45) is 5.92 Å². The van der Waals surface area contributed by atoms with Crippen LogP contribution in [0.2, 0.25) is 0 Å². The fourth-order valence-electron chi connectivity index (χ4n) is 4.50. The van der Waals surface area contributed by atoms with Crippen molar-refractivity contribution in [2.75, 3.05) is 28.4 Å². The number of benzene rings is 2. The molecular formula is C23H25NO6S. The number of nitrogens with zero attached hydrogens (tertiary/aromatic N) is 1. The van der Waals surface area contributed by atoms with Gasteiger partial charge in [-0.2, -0.15) is 5.26 Å². The molecule has 1 aliphatic carbocycles. The van der Waals surface area contributed by atoms with Gasteiger partial charge in [0.05, 0.1) is 16.9 Å². The summed E-state index contributed by atoms with van der Waals surface area (Å²) in [4.78, 5) is -0.0334. The van der Waals surface area contributed by atoms with Gasteiger partial charge in [0.25, 0.3) is 5.79 Å². The van der Waals surface area contributed by atoms with Gasteiger partial charge in [0.15, 0.2) is 0 Å². The van der Waals surface area contributed by atoms with Crippen molar-refractivity contribution in [1.82, 2.24) is 0 Å². The molecule has 0 radical (unpaired) electrons. The normalized spacial score (nSPS) is 24.4. The average Bonchev–Trinajstić information content (AvgIpc) is 2.81. The van der Waals surface area contributed by atoms with Crippen LogP contribution in [0.3, 0.4) is 0 Å². The van der Waals surface area contributed by atoms with Crippen LogP contribution >= 0.6 is 0 Å². The van der Waals surface area contributed by atoms with Crippen LogP contribution in [0.5, 0.6) is 0 Å². The molecule has 2 aromatic carbocycles. The second kappa shape index (κ2) is 8.54. The summed E-state index contributed by atoms with van der Waals surface area (Å²) in [5.74, 6) is -4.83.